The summed E-state index contributed by atoms with van der Waals surface area (Å²) in [4.78, 5) is 17.8. The average Bonchev–Trinajstić information content (AvgIpc) is 2.70. The van der Waals surface area contributed by atoms with Gasteiger partial charge in [-0.05, 0) is 48.5 Å². The predicted octanol–water partition coefficient (Wildman–Crippen LogP) is 4.65. The molecule has 1 N–H and O–H groups in total. The van der Waals surface area contributed by atoms with Crippen LogP contribution in [-0.2, 0) is 0 Å². The van der Waals surface area contributed by atoms with Crippen LogP contribution in [0, 0.1) is 11.3 Å². The van der Waals surface area contributed by atoms with Crippen LogP contribution in [0.5, 0.6) is 0 Å². The molecule has 6 heteroatoms. The van der Waals surface area contributed by atoms with E-state index in [1.807, 2.05) is 30.3 Å². The van der Waals surface area contributed by atoms with Crippen molar-refractivity contribution in [3.05, 3.63) is 93.7 Å². The van der Waals surface area contributed by atoms with Gasteiger partial charge in [-0.3, -0.25) is 4.79 Å². The van der Waals surface area contributed by atoms with Crippen molar-refractivity contribution in [3.8, 4) is 11.8 Å². The van der Waals surface area contributed by atoms with Crippen molar-refractivity contribution in [2.24, 2.45) is 0 Å². The lowest BCUT2D eigenvalue weighted by atomic mass is 10.2. The minimum absolute atomic E-state index is 0.268. The monoisotopic (exact) mass is 372 g/mol. The lowest BCUT2D eigenvalue weighted by molar-refractivity contribution is 0.973. The Labute approximate surface area is 160 Å². The second-order valence-corrected chi connectivity index (χ2v) is 6.33. The quantitative estimate of drug-likeness (QED) is 0.568. The van der Waals surface area contributed by atoms with Gasteiger partial charge in [-0.25, -0.2) is 9.55 Å². The standard InChI is InChI=1S/C21H13ClN4O/c22-15-9-10-19-18(12-15)20(27)26(17-8-4-5-14(11-17)13-23)21(25-19)24-16-6-2-1-3-7-16/h1-12H,(H,24,25). The van der Waals surface area contributed by atoms with Gasteiger partial charge < -0.3 is 5.32 Å². The number of nitrogens with zero attached hydrogens (tertiary/aromatic N) is 3. The van der Waals surface area contributed by atoms with Gasteiger partial charge in [-0.15, -0.1) is 0 Å². The molecule has 0 aliphatic heterocycles. The molecule has 0 aliphatic rings. The summed E-state index contributed by atoms with van der Waals surface area (Å²) >= 11 is 6.07. The highest BCUT2D eigenvalue weighted by Gasteiger charge is 2.14. The second-order valence-electron chi connectivity index (χ2n) is 5.89. The molecule has 0 fully saturated rings. The third-order valence-electron chi connectivity index (χ3n) is 4.09. The van der Waals surface area contributed by atoms with Crippen LogP contribution in [0.25, 0.3) is 16.6 Å². The molecule has 1 aromatic heterocycles. The highest BCUT2D eigenvalue weighted by molar-refractivity contribution is 6.31. The smallest absolute Gasteiger partial charge is 0.267 e. The fraction of sp³-hybridized carbons (Fsp3) is 0. The number of anilines is 2. The van der Waals surface area contributed by atoms with E-state index in [0.717, 1.165) is 5.69 Å². The summed E-state index contributed by atoms with van der Waals surface area (Å²) in [6.07, 6.45) is 0. The fourth-order valence-corrected chi connectivity index (χ4v) is 3.02. The third kappa shape index (κ3) is 3.26. The van der Waals surface area contributed by atoms with E-state index in [4.69, 9.17) is 11.6 Å². The van der Waals surface area contributed by atoms with Gasteiger partial charge in [-0.2, -0.15) is 5.26 Å². The largest absolute Gasteiger partial charge is 0.325 e. The van der Waals surface area contributed by atoms with Crippen LogP contribution in [0.4, 0.5) is 11.6 Å². The van der Waals surface area contributed by atoms with Crippen LogP contribution in [0.2, 0.25) is 5.02 Å². The van der Waals surface area contributed by atoms with Crippen LogP contribution in [0.1, 0.15) is 5.56 Å². The lowest BCUT2D eigenvalue weighted by Gasteiger charge is -2.15. The summed E-state index contributed by atoms with van der Waals surface area (Å²) in [5.74, 6) is 0.358. The van der Waals surface area contributed by atoms with Gasteiger partial charge >= 0.3 is 0 Å². The SMILES string of the molecule is N#Cc1cccc(-n2c(Nc3ccccc3)nc3ccc(Cl)cc3c2=O)c1. The molecule has 0 radical (unpaired) electrons. The maximum absolute atomic E-state index is 13.2. The molecule has 4 aromatic rings. The Balaban J connectivity index is 2.01. The Bertz CT molecular complexity index is 1240. The number of hydrogen-bond acceptors (Lipinski definition) is 4. The Kier molecular flexibility index (Phi) is 4.33. The first-order chi connectivity index (χ1) is 13.2. The highest BCUT2D eigenvalue weighted by atomic mass is 35.5. The normalized spacial score (nSPS) is 10.5. The Hall–Kier alpha value is -3.62. The molecule has 3 aromatic carbocycles. The Morgan fingerprint density at radius 2 is 1.81 bits per heavy atom. The molecule has 0 unspecified atom stereocenters. The lowest BCUT2D eigenvalue weighted by Crippen LogP contribution is -2.23. The zero-order valence-electron chi connectivity index (χ0n) is 14.1. The first-order valence-electron chi connectivity index (χ1n) is 8.20. The maximum Gasteiger partial charge on any atom is 0.267 e. The van der Waals surface area contributed by atoms with Crippen molar-refractivity contribution < 1.29 is 0 Å². The van der Waals surface area contributed by atoms with Crippen LogP contribution in [0.15, 0.2) is 77.6 Å². The van der Waals surface area contributed by atoms with Crippen LogP contribution in [0.3, 0.4) is 0 Å². The average molecular weight is 373 g/mol. The van der Waals surface area contributed by atoms with E-state index in [1.54, 1.807) is 42.5 Å². The zero-order chi connectivity index (χ0) is 18.8. The van der Waals surface area contributed by atoms with E-state index in [0.29, 0.717) is 33.1 Å². The van der Waals surface area contributed by atoms with Gasteiger partial charge in [0.25, 0.3) is 5.56 Å². The molecule has 0 amide bonds. The van der Waals surface area contributed by atoms with Crippen molar-refractivity contribution >= 4 is 34.1 Å². The van der Waals surface area contributed by atoms with Gasteiger partial charge in [-0.1, -0.05) is 35.9 Å². The summed E-state index contributed by atoms with van der Waals surface area (Å²) in [6, 6.07) is 23.4. The summed E-state index contributed by atoms with van der Waals surface area (Å²) in [7, 11) is 0. The van der Waals surface area contributed by atoms with Crippen molar-refractivity contribution in [1.82, 2.24) is 9.55 Å². The van der Waals surface area contributed by atoms with E-state index in [1.165, 1.54) is 4.57 Å². The van der Waals surface area contributed by atoms with E-state index in [2.05, 4.69) is 16.4 Å². The molecule has 0 aliphatic carbocycles. The van der Waals surface area contributed by atoms with Gasteiger partial charge in [0.15, 0.2) is 0 Å². The Morgan fingerprint density at radius 3 is 2.59 bits per heavy atom. The van der Waals surface area contributed by atoms with Gasteiger partial charge in [0.05, 0.1) is 28.2 Å². The molecule has 4 rings (SSSR count). The number of nitriles is 1. The van der Waals surface area contributed by atoms with Crippen LogP contribution in [-0.4, -0.2) is 9.55 Å². The van der Waals surface area contributed by atoms with Crippen molar-refractivity contribution in [1.29, 1.82) is 5.26 Å². The molecular weight excluding hydrogens is 360 g/mol. The number of para-hydroxylation sites is 1. The minimum Gasteiger partial charge on any atom is -0.325 e. The first kappa shape index (κ1) is 16.8. The van der Waals surface area contributed by atoms with E-state index in [9.17, 15) is 10.1 Å². The topological polar surface area (TPSA) is 70.7 Å². The third-order valence-corrected chi connectivity index (χ3v) is 4.33. The summed E-state index contributed by atoms with van der Waals surface area (Å²) in [6.45, 7) is 0. The van der Waals surface area contributed by atoms with Gasteiger partial charge in [0.2, 0.25) is 5.95 Å². The Morgan fingerprint density at radius 1 is 1.00 bits per heavy atom. The van der Waals surface area contributed by atoms with Crippen LogP contribution < -0.4 is 10.9 Å². The first-order valence-corrected chi connectivity index (χ1v) is 8.58. The highest BCUT2D eigenvalue weighted by Crippen LogP contribution is 2.22. The number of rotatable bonds is 3. The fourth-order valence-electron chi connectivity index (χ4n) is 2.85. The van der Waals surface area contributed by atoms with Crippen molar-refractivity contribution in [2.75, 3.05) is 5.32 Å². The zero-order valence-corrected chi connectivity index (χ0v) is 14.8. The molecule has 0 saturated heterocycles. The van der Waals surface area contributed by atoms with Gasteiger partial charge in [0, 0.05) is 10.7 Å². The molecule has 0 atom stereocenters. The molecule has 5 nitrogen and oxygen atoms in total. The number of fused-ring (bicyclic) bond motifs is 1. The van der Waals surface area contributed by atoms with E-state index < -0.39 is 0 Å². The second kappa shape index (κ2) is 6.94. The van der Waals surface area contributed by atoms with Crippen LogP contribution >= 0.6 is 11.6 Å². The molecule has 130 valence electrons. The number of hydrogen-bond donors (Lipinski definition) is 1. The van der Waals surface area contributed by atoms with Crippen molar-refractivity contribution in [2.45, 2.75) is 0 Å². The predicted molar refractivity (Wildman–Crippen MR) is 107 cm³/mol. The number of halogens is 1. The number of nitrogens with one attached hydrogen (secondary N) is 1. The molecule has 0 bridgehead atoms. The molecule has 1 heterocycles. The van der Waals surface area contributed by atoms with E-state index >= 15 is 0 Å². The molecule has 27 heavy (non-hydrogen) atoms. The summed E-state index contributed by atoms with van der Waals surface area (Å²) in [5, 5.41) is 13.3. The molecular formula is C21H13ClN4O. The number of benzene rings is 3. The number of aromatic nitrogens is 2. The van der Waals surface area contributed by atoms with Crippen molar-refractivity contribution in [3.63, 3.8) is 0 Å². The molecule has 0 spiro atoms. The maximum atomic E-state index is 13.2. The van der Waals surface area contributed by atoms with E-state index in [-0.39, 0.29) is 5.56 Å². The molecule has 0 saturated carbocycles. The van der Waals surface area contributed by atoms with Gasteiger partial charge in [0.1, 0.15) is 0 Å². The minimum atomic E-state index is -0.268. The summed E-state index contributed by atoms with van der Waals surface area (Å²) < 4.78 is 1.45. The summed E-state index contributed by atoms with van der Waals surface area (Å²) in [5.41, 5.74) is 2.07.